The van der Waals surface area contributed by atoms with Crippen molar-refractivity contribution in [1.29, 1.82) is 0 Å². The van der Waals surface area contributed by atoms with Crippen molar-refractivity contribution < 1.29 is 18.7 Å². The Bertz CT molecular complexity index is 281. The van der Waals surface area contributed by atoms with Crippen LogP contribution in [0.5, 0.6) is 6.08 Å². The van der Waals surface area contributed by atoms with E-state index in [1.165, 1.54) is 6.26 Å². The Morgan fingerprint density at radius 2 is 2.31 bits per heavy atom. The third-order valence-electron chi connectivity index (χ3n) is 1.24. The molecule has 0 bridgehead atoms. The van der Waals surface area contributed by atoms with E-state index in [1.54, 1.807) is 13.8 Å². The first-order valence-electron chi connectivity index (χ1n) is 4.03. The SMILES string of the molecule is CCOC(=O)c1coc(OCC)n1. The predicted molar refractivity (Wildman–Crippen MR) is 43.6 cm³/mol. The molecule has 0 amide bonds. The Morgan fingerprint density at radius 3 is 2.92 bits per heavy atom. The topological polar surface area (TPSA) is 61.6 Å². The van der Waals surface area contributed by atoms with Crippen LogP contribution >= 0.6 is 0 Å². The minimum absolute atomic E-state index is 0.0885. The zero-order valence-electron chi connectivity index (χ0n) is 7.57. The Kier molecular flexibility index (Phi) is 3.31. The summed E-state index contributed by atoms with van der Waals surface area (Å²) in [5, 5.41) is 0. The summed E-state index contributed by atoms with van der Waals surface area (Å²) in [6.07, 6.45) is 1.30. The highest BCUT2D eigenvalue weighted by atomic mass is 16.6. The number of hydrogen-bond donors (Lipinski definition) is 0. The Labute approximate surface area is 75.7 Å². The van der Waals surface area contributed by atoms with Crippen molar-refractivity contribution in [2.24, 2.45) is 0 Å². The number of aromatic nitrogens is 1. The first-order valence-corrected chi connectivity index (χ1v) is 4.03. The molecular weight excluding hydrogens is 174 g/mol. The van der Waals surface area contributed by atoms with Crippen LogP contribution < -0.4 is 4.74 Å². The largest absolute Gasteiger partial charge is 0.461 e. The molecule has 0 saturated carbocycles. The van der Waals surface area contributed by atoms with Gasteiger partial charge >= 0.3 is 12.0 Å². The molecule has 0 saturated heterocycles. The van der Waals surface area contributed by atoms with Crippen LogP contribution in [0.15, 0.2) is 10.7 Å². The van der Waals surface area contributed by atoms with Gasteiger partial charge in [-0.15, -0.1) is 0 Å². The van der Waals surface area contributed by atoms with Gasteiger partial charge in [-0.3, -0.25) is 0 Å². The predicted octanol–water partition coefficient (Wildman–Crippen LogP) is 1.25. The van der Waals surface area contributed by atoms with Gasteiger partial charge < -0.3 is 13.9 Å². The molecule has 0 unspecified atom stereocenters. The van der Waals surface area contributed by atoms with Crippen LogP contribution in [0.4, 0.5) is 0 Å². The van der Waals surface area contributed by atoms with Gasteiger partial charge in [-0.05, 0) is 13.8 Å². The minimum atomic E-state index is -0.503. The summed E-state index contributed by atoms with van der Waals surface area (Å²) in [6.45, 7) is 4.29. The van der Waals surface area contributed by atoms with E-state index in [1.807, 2.05) is 0 Å². The quantitative estimate of drug-likeness (QED) is 0.660. The summed E-state index contributed by atoms with van der Waals surface area (Å²) >= 11 is 0. The summed E-state index contributed by atoms with van der Waals surface area (Å²) < 4.78 is 14.5. The molecule has 1 aromatic rings. The highest BCUT2D eigenvalue weighted by molar-refractivity contribution is 5.86. The van der Waals surface area contributed by atoms with Crippen LogP contribution in [-0.4, -0.2) is 24.2 Å². The summed E-state index contributed by atoms with van der Waals surface area (Å²) in [5.41, 5.74) is 0.130. The lowest BCUT2D eigenvalue weighted by atomic mass is 10.5. The van der Waals surface area contributed by atoms with Crippen LogP contribution in [-0.2, 0) is 4.74 Å². The maximum atomic E-state index is 11.1. The maximum absolute atomic E-state index is 11.1. The highest BCUT2D eigenvalue weighted by Crippen LogP contribution is 2.10. The second kappa shape index (κ2) is 4.49. The fourth-order valence-corrected chi connectivity index (χ4v) is 0.746. The second-order valence-electron chi connectivity index (χ2n) is 2.15. The minimum Gasteiger partial charge on any atom is -0.461 e. The first-order chi connectivity index (χ1) is 6.27. The lowest BCUT2D eigenvalue weighted by Crippen LogP contribution is -2.04. The van der Waals surface area contributed by atoms with Gasteiger partial charge in [-0.2, -0.15) is 4.98 Å². The fraction of sp³-hybridized carbons (Fsp3) is 0.500. The molecule has 1 rings (SSSR count). The summed E-state index contributed by atoms with van der Waals surface area (Å²) in [6, 6.07) is 0. The van der Waals surface area contributed by atoms with Gasteiger partial charge in [0.15, 0.2) is 5.69 Å². The molecule has 5 heteroatoms. The molecule has 0 atom stereocenters. The van der Waals surface area contributed by atoms with Crippen molar-refractivity contribution in [1.82, 2.24) is 4.98 Å². The summed E-state index contributed by atoms with van der Waals surface area (Å²) in [5.74, 6) is -0.503. The number of carbonyl (C=O) groups is 1. The van der Waals surface area contributed by atoms with Crippen molar-refractivity contribution in [2.45, 2.75) is 13.8 Å². The van der Waals surface area contributed by atoms with Crippen LogP contribution in [0.2, 0.25) is 0 Å². The number of ether oxygens (including phenoxy) is 2. The highest BCUT2D eigenvalue weighted by Gasteiger charge is 2.13. The molecule has 0 radical (unpaired) electrons. The number of esters is 1. The molecule has 13 heavy (non-hydrogen) atoms. The van der Waals surface area contributed by atoms with Gasteiger partial charge in [0.25, 0.3) is 0 Å². The zero-order chi connectivity index (χ0) is 9.68. The van der Waals surface area contributed by atoms with Crippen LogP contribution in [0.25, 0.3) is 0 Å². The van der Waals surface area contributed by atoms with E-state index in [2.05, 4.69) is 4.98 Å². The van der Waals surface area contributed by atoms with E-state index >= 15 is 0 Å². The van der Waals surface area contributed by atoms with Crippen LogP contribution in [0.3, 0.4) is 0 Å². The van der Waals surface area contributed by atoms with Gasteiger partial charge in [-0.1, -0.05) is 0 Å². The van der Waals surface area contributed by atoms with Crippen molar-refractivity contribution in [3.05, 3.63) is 12.0 Å². The molecule has 5 nitrogen and oxygen atoms in total. The van der Waals surface area contributed by atoms with Crippen molar-refractivity contribution >= 4 is 5.97 Å². The van der Waals surface area contributed by atoms with E-state index < -0.39 is 5.97 Å². The molecule has 1 aromatic heterocycles. The molecule has 1 heterocycles. The molecule has 0 aliphatic heterocycles. The normalized spacial score (nSPS) is 9.69. The molecule has 0 N–H and O–H groups in total. The summed E-state index contributed by atoms with van der Waals surface area (Å²) in [7, 11) is 0. The Balaban J connectivity index is 2.62. The van der Waals surface area contributed by atoms with Gasteiger partial charge in [0.05, 0.1) is 13.2 Å². The van der Waals surface area contributed by atoms with E-state index in [4.69, 9.17) is 13.9 Å². The van der Waals surface area contributed by atoms with E-state index in [0.29, 0.717) is 13.2 Å². The average molecular weight is 185 g/mol. The molecule has 0 spiro atoms. The van der Waals surface area contributed by atoms with Crippen molar-refractivity contribution in [2.75, 3.05) is 13.2 Å². The molecule has 72 valence electrons. The van der Waals surface area contributed by atoms with Crippen molar-refractivity contribution in [3.63, 3.8) is 0 Å². The van der Waals surface area contributed by atoms with E-state index in [9.17, 15) is 4.79 Å². The molecule has 0 fully saturated rings. The number of hydrogen-bond acceptors (Lipinski definition) is 5. The molecular formula is C8H11NO4. The lowest BCUT2D eigenvalue weighted by molar-refractivity contribution is 0.0519. The van der Waals surface area contributed by atoms with Gasteiger partial charge in [0.2, 0.25) is 0 Å². The smallest absolute Gasteiger partial charge is 0.394 e. The molecule has 0 aromatic carbocycles. The number of rotatable bonds is 4. The number of oxazole rings is 1. The van der Waals surface area contributed by atoms with Crippen LogP contribution in [0.1, 0.15) is 24.3 Å². The Hall–Kier alpha value is -1.52. The first kappa shape index (κ1) is 9.57. The van der Waals surface area contributed by atoms with E-state index in [0.717, 1.165) is 0 Å². The summed E-state index contributed by atoms with van der Waals surface area (Å²) in [4.78, 5) is 14.8. The second-order valence-corrected chi connectivity index (χ2v) is 2.15. The van der Waals surface area contributed by atoms with Gasteiger partial charge in [0, 0.05) is 0 Å². The standard InChI is InChI=1S/C8H11NO4/c1-3-11-7(10)6-5-13-8(9-6)12-4-2/h5H,3-4H2,1-2H3. The fourth-order valence-electron chi connectivity index (χ4n) is 0.746. The maximum Gasteiger partial charge on any atom is 0.394 e. The zero-order valence-corrected chi connectivity index (χ0v) is 7.57. The average Bonchev–Trinajstić information content (AvgIpc) is 2.54. The third kappa shape index (κ3) is 2.47. The van der Waals surface area contributed by atoms with Crippen molar-refractivity contribution in [3.8, 4) is 6.08 Å². The van der Waals surface area contributed by atoms with Gasteiger partial charge in [-0.25, -0.2) is 4.79 Å². The molecule has 0 aliphatic carbocycles. The number of nitrogens with zero attached hydrogens (tertiary/aromatic N) is 1. The lowest BCUT2D eigenvalue weighted by Gasteiger charge is -1.95. The third-order valence-corrected chi connectivity index (χ3v) is 1.24. The van der Waals surface area contributed by atoms with E-state index in [-0.39, 0.29) is 11.8 Å². The molecule has 0 aliphatic rings. The van der Waals surface area contributed by atoms with Crippen LogP contribution in [0, 0.1) is 0 Å². The Morgan fingerprint density at radius 1 is 1.54 bits per heavy atom. The van der Waals surface area contributed by atoms with Gasteiger partial charge in [0.1, 0.15) is 6.26 Å². The number of carbonyl (C=O) groups excluding carboxylic acids is 1. The monoisotopic (exact) mass is 185 g/mol.